The van der Waals surface area contributed by atoms with Crippen LogP contribution in [0.15, 0.2) is 12.1 Å². The predicted octanol–water partition coefficient (Wildman–Crippen LogP) is 1.43. The molecule has 0 aliphatic carbocycles. The van der Waals surface area contributed by atoms with E-state index in [2.05, 4.69) is 6.07 Å². The number of nitriles is 1. The van der Waals surface area contributed by atoms with E-state index in [1.54, 1.807) is 13.0 Å². The molecule has 90 valence electrons. The van der Waals surface area contributed by atoms with Crippen LogP contribution in [-0.2, 0) is 22.5 Å². The van der Waals surface area contributed by atoms with Crippen molar-refractivity contribution >= 4 is 5.97 Å². The Balaban J connectivity index is 3.15. The van der Waals surface area contributed by atoms with Crippen LogP contribution in [0.4, 0.5) is 0 Å². The summed E-state index contributed by atoms with van der Waals surface area (Å²) < 4.78 is 4.90. The molecule has 0 aliphatic rings. The Kier molecular flexibility index (Phi) is 4.68. The number of nitrogens with zero attached hydrogens (tertiary/aromatic N) is 1. The molecule has 1 aromatic rings. The number of esters is 1. The Bertz CT molecular complexity index is 461. The van der Waals surface area contributed by atoms with Crippen LogP contribution in [0.2, 0.25) is 0 Å². The molecule has 0 amide bonds. The minimum atomic E-state index is -0.329. The number of hydrogen-bond acceptors (Lipinski definition) is 4. The van der Waals surface area contributed by atoms with Crippen molar-refractivity contribution in [3.05, 3.63) is 34.4 Å². The van der Waals surface area contributed by atoms with Crippen molar-refractivity contribution in [3.63, 3.8) is 0 Å². The van der Waals surface area contributed by atoms with Gasteiger partial charge in [-0.2, -0.15) is 5.26 Å². The summed E-state index contributed by atoms with van der Waals surface area (Å²) in [4.78, 5) is 11.5. The summed E-state index contributed by atoms with van der Waals surface area (Å²) in [6, 6.07) is 5.64. The Morgan fingerprint density at radius 3 is 2.71 bits per heavy atom. The van der Waals surface area contributed by atoms with Crippen LogP contribution in [0.1, 0.15) is 29.2 Å². The lowest BCUT2D eigenvalue weighted by atomic mass is 9.95. The zero-order valence-corrected chi connectivity index (χ0v) is 10.1. The van der Waals surface area contributed by atoms with Crippen molar-refractivity contribution in [2.24, 2.45) is 5.73 Å². The van der Waals surface area contributed by atoms with Gasteiger partial charge in [0.2, 0.25) is 0 Å². The molecule has 0 radical (unpaired) electrons. The van der Waals surface area contributed by atoms with Crippen molar-refractivity contribution in [2.45, 2.75) is 26.8 Å². The summed E-state index contributed by atoms with van der Waals surface area (Å²) >= 11 is 0. The number of carbonyl (C=O) groups is 1. The molecule has 0 fully saturated rings. The lowest BCUT2D eigenvalue weighted by Crippen LogP contribution is -2.13. The molecule has 1 aromatic carbocycles. The van der Waals surface area contributed by atoms with Crippen molar-refractivity contribution in [2.75, 3.05) is 6.61 Å². The van der Waals surface area contributed by atoms with E-state index in [1.807, 2.05) is 13.0 Å². The third kappa shape index (κ3) is 3.05. The topological polar surface area (TPSA) is 76.1 Å². The molecule has 0 bridgehead atoms. The zero-order chi connectivity index (χ0) is 12.8. The molecule has 0 spiro atoms. The van der Waals surface area contributed by atoms with Crippen LogP contribution in [0, 0.1) is 18.3 Å². The van der Waals surface area contributed by atoms with Gasteiger partial charge in [0.05, 0.1) is 24.7 Å². The lowest BCUT2D eigenvalue weighted by Gasteiger charge is -2.12. The number of rotatable bonds is 4. The van der Waals surface area contributed by atoms with Gasteiger partial charge in [-0.25, -0.2) is 0 Å². The van der Waals surface area contributed by atoms with E-state index < -0.39 is 0 Å². The molecule has 0 aromatic heterocycles. The monoisotopic (exact) mass is 232 g/mol. The Morgan fingerprint density at radius 1 is 1.47 bits per heavy atom. The van der Waals surface area contributed by atoms with Crippen LogP contribution >= 0.6 is 0 Å². The van der Waals surface area contributed by atoms with Gasteiger partial charge in [0.1, 0.15) is 0 Å². The van der Waals surface area contributed by atoms with Crippen molar-refractivity contribution in [1.82, 2.24) is 0 Å². The van der Waals surface area contributed by atoms with Crippen LogP contribution in [0.5, 0.6) is 0 Å². The number of hydrogen-bond donors (Lipinski definition) is 1. The van der Waals surface area contributed by atoms with Crippen LogP contribution in [0.25, 0.3) is 0 Å². The molecule has 4 nitrogen and oxygen atoms in total. The number of aryl methyl sites for hydroxylation is 1. The van der Waals surface area contributed by atoms with Gasteiger partial charge in [0, 0.05) is 6.54 Å². The van der Waals surface area contributed by atoms with E-state index in [-0.39, 0.29) is 12.4 Å². The number of ether oxygens (including phenoxy) is 1. The third-order valence-electron chi connectivity index (χ3n) is 2.62. The second kappa shape index (κ2) is 6.02. The quantitative estimate of drug-likeness (QED) is 0.797. The fourth-order valence-electron chi connectivity index (χ4n) is 1.76. The first-order valence-electron chi connectivity index (χ1n) is 5.51. The minimum Gasteiger partial charge on any atom is -0.466 e. The van der Waals surface area contributed by atoms with Crippen molar-refractivity contribution < 1.29 is 9.53 Å². The summed E-state index contributed by atoms with van der Waals surface area (Å²) in [5.74, 6) is -0.329. The van der Waals surface area contributed by atoms with Gasteiger partial charge >= 0.3 is 5.97 Å². The standard InChI is InChI=1S/C13H16N2O2/c1-3-17-13(16)6-11-10(7-14)5-4-9(2)12(11)8-15/h4-5H,3,6,8,15H2,1-2H3. The third-order valence-corrected chi connectivity index (χ3v) is 2.62. The van der Waals surface area contributed by atoms with Gasteiger partial charge in [-0.1, -0.05) is 6.07 Å². The van der Waals surface area contributed by atoms with Gasteiger partial charge < -0.3 is 10.5 Å². The number of nitrogens with two attached hydrogens (primary N) is 1. The second-order valence-electron chi connectivity index (χ2n) is 3.68. The normalized spacial score (nSPS) is 9.76. The summed E-state index contributed by atoms with van der Waals surface area (Å²) in [6.45, 7) is 4.32. The number of carbonyl (C=O) groups excluding carboxylic acids is 1. The molecule has 2 N–H and O–H groups in total. The maximum Gasteiger partial charge on any atom is 0.310 e. The lowest BCUT2D eigenvalue weighted by molar-refractivity contribution is -0.142. The predicted molar refractivity (Wildman–Crippen MR) is 64.1 cm³/mol. The molecular weight excluding hydrogens is 216 g/mol. The van der Waals surface area contributed by atoms with E-state index >= 15 is 0 Å². The van der Waals surface area contributed by atoms with E-state index in [4.69, 9.17) is 15.7 Å². The maximum absolute atomic E-state index is 11.5. The van der Waals surface area contributed by atoms with Gasteiger partial charge in [0.25, 0.3) is 0 Å². The van der Waals surface area contributed by atoms with Crippen LogP contribution < -0.4 is 5.73 Å². The largest absolute Gasteiger partial charge is 0.466 e. The second-order valence-corrected chi connectivity index (χ2v) is 3.68. The zero-order valence-electron chi connectivity index (χ0n) is 10.1. The number of benzene rings is 1. The van der Waals surface area contributed by atoms with E-state index in [0.717, 1.165) is 11.1 Å². The summed E-state index contributed by atoms with van der Waals surface area (Å²) in [5.41, 5.74) is 8.69. The highest BCUT2D eigenvalue weighted by Gasteiger charge is 2.14. The smallest absolute Gasteiger partial charge is 0.310 e. The Labute approximate surface area is 101 Å². The molecule has 17 heavy (non-hydrogen) atoms. The first-order valence-corrected chi connectivity index (χ1v) is 5.51. The highest BCUT2D eigenvalue weighted by Crippen LogP contribution is 2.19. The Hall–Kier alpha value is -1.86. The fourth-order valence-corrected chi connectivity index (χ4v) is 1.76. The van der Waals surface area contributed by atoms with E-state index in [1.165, 1.54) is 0 Å². The highest BCUT2D eigenvalue weighted by molar-refractivity contribution is 5.74. The average Bonchev–Trinajstić information content (AvgIpc) is 2.30. The molecule has 0 saturated heterocycles. The van der Waals surface area contributed by atoms with Gasteiger partial charge in [-0.15, -0.1) is 0 Å². The molecule has 0 atom stereocenters. The average molecular weight is 232 g/mol. The van der Waals surface area contributed by atoms with E-state index in [9.17, 15) is 4.79 Å². The first-order chi connectivity index (χ1) is 8.13. The molecule has 0 saturated carbocycles. The molecule has 0 heterocycles. The SMILES string of the molecule is CCOC(=O)Cc1c(C#N)ccc(C)c1CN. The van der Waals surface area contributed by atoms with Gasteiger partial charge in [-0.3, -0.25) is 4.79 Å². The minimum absolute atomic E-state index is 0.102. The van der Waals surface area contributed by atoms with Gasteiger partial charge in [0.15, 0.2) is 0 Å². The van der Waals surface area contributed by atoms with Crippen LogP contribution in [0.3, 0.4) is 0 Å². The summed E-state index contributed by atoms with van der Waals surface area (Å²) in [5, 5.41) is 9.03. The Morgan fingerprint density at radius 2 is 2.18 bits per heavy atom. The van der Waals surface area contributed by atoms with Crippen molar-refractivity contribution in [1.29, 1.82) is 5.26 Å². The summed E-state index contributed by atoms with van der Waals surface area (Å²) in [7, 11) is 0. The van der Waals surface area contributed by atoms with E-state index in [0.29, 0.717) is 24.3 Å². The maximum atomic E-state index is 11.5. The first kappa shape index (κ1) is 13.2. The summed E-state index contributed by atoms with van der Waals surface area (Å²) in [6.07, 6.45) is 0.102. The molecule has 0 unspecified atom stereocenters. The van der Waals surface area contributed by atoms with Crippen molar-refractivity contribution in [3.8, 4) is 6.07 Å². The molecule has 4 heteroatoms. The fraction of sp³-hybridized carbons (Fsp3) is 0.385. The molecule has 1 rings (SSSR count). The highest BCUT2D eigenvalue weighted by atomic mass is 16.5. The molecule has 0 aliphatic heterocycles. The van der Waals surface area contributed by atoms with Crippen LogP contribution in [-0.4, -0.2) is 12.6 Å². The molecular formula is C13H16N2O2. The van der Waals surface area contributed by atoms with Gasteiger partial charge in [-0.05, 0) is 36.6 Å².